The van der Waals surface area contributed by atoms with Gasteiger partial charge in [-0.1, -0.05) is 54.3 Å². The van der Waals surface area contributed by atoms with Crippen molar-refractivity contribution in [3.63, 3.8) is 0 Å². The molecule has 0 N–H and O–H groups in total. The molecule has 168 valence electrons. The largest absolute Gasteiger partial charge is 0.340 e. The summed E-state index contributed by atoms with van der Waals surface area (Å²) in [5, 5.41) is 5.83. The summed E-state index contributed by atoms with van der Waals surface area (Å²) in [6, 6.07) is 8.96. The molecule has 0 atom stereocenters. The molecule has 1 aliphatic carbocycles. The smallest absolute Gasteiger partial charge is 0.275 e. The van der Waals surface area contributed by atoms with Crippen molar-refractivity contribution in [2.75, 3.05) is 26.2 Å². The van der Waals surface area contributed by atoms with Gasteiger partial charge in [0.2, 0.25) is 10.9 Å². The van der Waals surface area contributed by atoms with Crippen molar-refractivity contribution < 1.29 is 4.79 Å². The molecule has 2 aromatic heterocycles. The van der Waals surface area contributed by atoms with E-state index in [4.69, 9.17) is 16.6 Å². The average Bonchev–Trinajstić information content (AvgIpc) is 3.25. The SMILES string of the molecule is O=C(C1CCCCC1)N1CCN(Cc2cc(=O)n3nc(-c4ccc(Cl)cc4)sc3n2)CC1. The Morgan fingerprint density at radius 3 is 2.50 bits per heavy atom. The number of carbonyl (C=O) groups excluding carboxylic acids is 1. The molecular weight excluding hydrogens is 446 g/mol. The highest BCUT2D eigenvalue weighted by Gasteiger charge is 2.28. The lowest BCUT2D eigenvalue weighted by Crippen LogP contribution is -2.50. The molecule has 1 amide bonds. The number of carbonyl (C=O) groups is 1. The Morgan fingerprint density at radius 2 is 1.78 bits per heavy atom. The zero-order chi connectivity index (χ0) is 22.1. The van der Waals surface area contributed by atoms with Crippen molar-refractivity contribution >= 4 is 33.8 Å². The second-order valence-corrected chi connectivity index (χ2v) is 10.0. The first-order valence-corrected chi connectivity index (χ1v) is 12.4. The fourth-order valence-electron chi connectivity index (χ4n) is 4.61. The van der Waals surface area contributed by atoms with Crippen LogP contribution in [-0.4, -0.2) is 56.5 Å². The van der Waals surface area contributed by atoms with Gasteiger partial charge in [-0.2, -0.15) is 9.61 Å². The fourth-order valence-corrected chi connectivity index (χ4v) is 5.67. The van der Waals surface area contributed by atoms with Crippen molar-refractivity contribution in [1.29, 1.82) is 0 Å². The highest BCUT2D eigenvalue weighted by Crippen LogP contribution is 2.27. The zero-order valence-corrected chi connectivity index (χ0v) is 19.4. The van der Waals surface area contributed by atoms with Gasteiger partial charge in [-0.15, -0.1) is 0 Å². The van der Waals surface area contributed by atoms with Gasteiger partial charge in [0.15, 0.2) is 0 Å². The Balaban J connectivity index is 1.25. The summed E-state index contributed by atoms with van der Waals surface area (Å²) in [6.45, 7) is 3.71. The van der Waals surface area contributed by atoms with Crippen molar-refractivity contribution in [2.24, 2.45) is 5.92 Å². The molecule has 1 saturated heterocycles. The molecule has 0 unspecified atom stereocenters. The number of amides is 1. The summed E-state index contributed by atoms with van der Waals surface area (Å²) in [7, 11) is 0. The summed E-state index contributed by atoms with van der Waals surface area (Å²) in [4.78, 5) is 35.0. The number of aromatic nitrogens is 3. The highest BCUT2D eigenvalue weighted by molar-refractivity contribution is 7.19. The number of hydrogen-bond donors (Lipinski definition) is 0. The average molecular weight is 472 g/mol. The van der Waals surface area contributed by atoms with Gasteiger partial charge < -0.3 is 4.90 Å². The van der Waals surface area contributed by atoms with Crippen LogP contribution in [0.15, 0.2) is 35.1 Å². The highest BCUT2D eigenvalue weighted by atomic mass is 35.5. The van der Waals surface area contributed by atoms with E-state index in [1.54, 1.807) is 6.07 Å². The molecule has 0 spiro atoms. The fraction of sp³-hybridized carbons (Fsp3) is 0.478. The topological polar surface area (TPSA) is 70.8 Å². The maximum Gasteiger partial charge on any atom is 0.275 e. The molecule has 2 aliphatic rings. The lowest BCUT2D eigenvalue weighted by atomic mass is 9.88. The number of hydrogen-bond acceptors (Lipinski definition) is 6. The summed E-state index contributed by atoms with van der Waals surface area (Å²) in [5.74, 6) is 0.558. The van der Waals surface area contributed by atoms with Gasteiger partial charge in [0, 0.05) is 55.3 Å². The Morgan fingerprint density at radius 1 is 1.06 bits per heavy atom. The number of piperazine rings is 1. The van der Waals surface area contributed by atoms with Gasteiger partial charge in [-0.05, 0) is 25.0 Å². The van der Waals surface area contributed by atoms with E-state index in [1.807, 2.05) is 29.2 Å². The Labute approximate surface area is 195 Å². The Kier molecular flexibility index (Phi) is 6.26. The van der Waals surface area contributed by atoms with E-state index < -0.39 is 0 Å². The van der Waals surface area contributed by atoms with E-state index in [0.717, 1.165) is 55.3 Å². The van der Waals surface area contributed by atoms with Gasteiger partial charge in [-0.3, -0.25) is 14.5 Å². The molecule has 3 heterocycles. The van der Waals surface area contributed by atoms with Crippen LogP contribution in [0.25, 0.3) is 15.5 Å². The molecule has 0 radical (unpaired) electrons. The van der Waals surface area contributed by atoms with Crippen LogP contribution >= 0.6 is 22.9 Å². The number of fused-ring (bicyclic) bond motifs is 1. The zero-order valence-electron chi connectivity index (χ0n) is 17.9. The van der Waals surface area contributed by atoms with Crippen LogP contribution in [0.2, 0.25) is 5.02 Å². The first kappa shape index (κ1) is 21.6. The lowest BCUT2D eigenvalue weighted by Gasteiger charge is -2.37. The molecule has 1 aromatic carbocycles. The van der Waals surface area contributed by atoms with E-state index in [2.05, 4.69) is 10.00 Å². The minimum absolute atomic E-state index is 0.174. The van der Waals surface area contributed by atoms with E-state index in [9.17, 15) is 9.59 Å². The van der Waals surface area contributed by atoms with Crippen molar-refractivity contribution in [2.45, 2.75) is 38.6 Å². The Hall–Kier alpha value is -2.29. The molecule has 0 bridgehead atoms. The van der Waals surface area contributed by atoms with E-state index in [0.29, 0.717) is 22.4 Å². The predicted octanol–water partition coefficient (Wildman–Crippen LogP) is 3.70. The molecule has 1 aliphatic heterocycles. The van der Waals surface area contributed by atoms with Crippen molar-refractivity contribution in [3.05, 3.63) is 51.4 Å². The molecule has 7 nitrogen and oxygen atoms in total. The Bertz CT molecular complexity index is 1160. The third-order valence-electron chi connectivity index (χ3n) is 6.41. The van der Waals surface area contributed by atoms with Crippen molar-refractivity contribution in [1.82, 2.24) is 24.4 Å². The van der Waals surface area contributed by atoms with Gasteiger partial charge in [0.25, 0.3) is 5.56 Å². The second-order valence-electron chi connectivity index (χ2n) is 8.63. The van der Waals surface area contributed by atoms with Crippen LogP contribution in [0.1, 0.15) is 37.8 Å². The molecular formula is C23H26ClN5O2S. The minimum atomic E-state index is -0.174. The van der Waals surface area contributed by atoms with Crippen LogP contribution < -0.4 is 5.56 Å². The van der Waals surface area contributed by atoms with Gasteiger partial charge >= 0.3 is 0 Å². The third-order valence-corrected chi connectivity index (χ3v) is 7.62. The van der Waals surface area contributed by atoms with Crippen LogP contribution in [0.3, 0.4) is 0 Å². The van der Waals surface area contributed by atoms with Gasteiger partial charge in [0.05, 0.1) is 5.69 Å². The normalized spacial score (nSPS) is 18.3. The molecule has 9 heteroatoms. The van der Waals surface area contributed by atoms with Crippen molar-refractivity contribution in [3.8, 4) is 10.6 Å². The number of benzene rings is 1. The van der Waals surface area contributed by atoms with Gasteiger partial charge in [-0.25, -0.2) is 4.98 Å². The monoisotopic (exact) mass is 471 g/mol. The molecule has 1 saturated carbocycles. The van der Waals surface area contributed by atoms with Crippen LogP contribution in [0.4, 0.5) is 0 Å². The lowest BCUT2D eigenvalue weighted by molar-refractivity contribution is -0.138. The summed E-state index contributed by atoms with van der Waals surface area (Å²) < 4.78 is 1.36. The first-order chi connectivity index (χ1) is 15.6. The molecule has 2 fully saturated rings. The second kappa shape index (κ2) is 9.29. The number of rotatable bonds is 4. The number of halogens is 1. The number of nitrogens with zero attached hydrogens (tertiary/aromatic N) is 5. The van der Waals surface area contributed by atoms with Crippen LogP contribution in [0.5, 0.6) is 0 Å². The molecule has 5 rings (SSSR count). The maximum absolute atomic E-state index is 12.8. The van der Waals surface area contributed by atoms with Gasteiger partial charge in [0.1, 0.15) is 5.01 Å². The van der Waals surface area contributed by atoms with E-state index in [1.165, 1.54) is 35.1 Å². The molecule has 3 aromatic rings. The van der Waals surface area contributed by atoms with E-state index in [-0.39, 0.29) is 11.5 Å². The summed E-state index contributed by atoms with van der Waals surface area (Å²) >= 11 is 7.36. The minimum Gasteiger partial charge on any atom is -0.340 e. The van der Waals surface area contributed by atoms with E-state index >= 15 is 0 Å². The summed E-state index contributed by atoms with van der Waals surface area (Å²) in [6.07, 6.45) is 5.70. The molecule has 32 heavy (non-hydrogen) atoms. The first-order valence-electron chi connectivity index (χ1n) is 11.2. The quantitative estimate of drug-likeness (QED) is 0.580. The predicted molar refractivity (Wildman–Crippen MR) is 126 cm³/mol. The standard InChI is InChI=1S/C23H26ClN5O2S/c24-18-8-6-16(7-9-18)21-26-29-20(30)14-19(25-23(29)32-21)15-27-10-12-28(13-11-27)22(31)17-4-2-1-3-5-17/h6-9,14,17H,1-5,10-13,15H2. The maximum atomic E-state index is 12.8. The third kappa shape index (κ3) is 4.58. The van der Waals surface area contributed by atoms with Crippen LogP contribution in [-0.2, 0) is 11.3 Å². The van der Waals surface area contributed by atoms with Crippen LogP contribution in [0, 0.1) is 5.92 Å². The summed E-state index contributed by atoms with van der Waals surface area (Å²) in [5.41, 5.74) is 1.48.